The van der Waals surface area contributed by atoms with Crippen LogP contribution in [0.3, 0.4) is 0 Å². The number of rotatable bonds is 8. The molecule has 38 heavy (non-hydrogen) atoms. The largest absolute Gasteiger partial charge is 0.487 e. The van der Waals surface area contributed by atoms with Gasteiger partial charge < -0.3 is 24.6 Å². The van der Waals surface area contributed by atoms with Gasteiger partial charge in [-0.3, -0.25) is 10.1 Å². The van der Waals surface area contributed by atoms with Gasteiger partial charge in [-0.05, 0) is 76.8 Å². The molecule has 208 valence electrons. The minimum absolute atomic E-state index is 0.0490. The van der Waals surface area contributed by atoms with Crippen molar-refractivity contribution in [1.29, 1.82) is 0 Å². The average molecular weight is 547 g/mol. The molecule has 1 unspecified atom stereocenters. The monoisotopic (exact) mass is 546 g/mol. The number of nitrogens with zero attached hydrogens (tertiary/aromatic N) is 1. The summed E-state index contributed by atoms with van der Waals surface area (Å²) in [7, 11) is 0. The molecule has 1 saturated heterocycles. The predicted octanol–water partition coefficient (Wildman–Crippen LogP) is 5.94. The number of nitro benzene ring substituents is 1. The Bertz CT molecular complexity index is 1050. The zero-order valence-corrected chi connectivity index (χ0v) is 23.2. The molecule has 1 aliphatic heterocycles. The number of benzene rings is 2. The highest BCUT2D eigenvalue weighted by atomic mass is 32.2. The van der Waals surface area contributed by atoms with E-state index < -0.39 is 30.1 Å². The predicted molar refractivity (Wildman–Crippen MR) is 146 cm³/mol. The number of aliphatic hydroxyl groups excluding tert-OH is 1. The average Bonchev–Trinajstić information content (AvgIpc) is 2.89. The molecule has 0 saturated carbocycles. The van der Waals surface area contributed by atoms with Crippen LogP contribution in [0.25, 0.3) is 0 Å². The summed E-state index contributed by atoms with van der Waals surface area (Å²) in [6.07, 6.45) is -0.0106. The van der Waals surface area contributed by atoms with Gasteiger partial charge >= 0.3 is 6.09 Å². The van der Waals surface area contributed by atoms with Gasteiger partial charge in [-0.1, -0.05) is 36.8 Å². The van der Waals surface area contributed by atoms with Crippen LogP contribution in [0.5, 0.6) is 5.75 Å². The molecule has 2 aromatic carbocycles. The molecule has 3 rings (SSSR count). The van der Waals surface area contributed by atoms with Crippen molar-refractivity contribution in [3.8, 4) is 5.75 Å². The fourth-order valence-corrected chi connectivity index (χ4v) is 5.60. The number of ether oxygens (including phenoxy) is 3. The van der Waals surface area contributed by atoms with Gasteiger partial charge in [0, 0.05) is 6.07 Å². The summed E-state index contributed by atoms with van der Waals surface area (Å²) in [5.74, 6) is 1.40. The van der Waals surface area contributed by atoms with E-state index in [0.29, 0.717) is 29.2 Å². The molecule has 9 nitrogen and oxygen atoms in total. The summed E-state index contributed by atoms with van der Waals surface area (Å²) in [5, 5.41) is 25.0. The zero-order chi connectivity index (χ0) is 27.7. The molecular weight excluding hydrogens is 508 g/mol. The van der Waals surface area contributed by atoms with Crippen molar-refractivity contribution in [2.24, 2.45) is 5.92 Å². The molecule has 1 fully saturated rings. The van der Waals surface area contributed by atoms with Gasteiger partial charge in [0.2, 0.25) is 0 Å². The van der Waals surface area contributed by atoms with Crippen LogP contribution in [0.1, 0.15) is 53.4 Å². The van der Waals surface area contributed by atoms with Gasteiger partial charge in [-0.2, -0.15) is 0 Å². The number of thioether (sulfide) groups is 1. The van der Waals surface area contributed by atoms with E-state index in [-0.39, 0.29) is 22.6 Å². The summed E-state index contributed by atoms with van der Waals surface area (Å²) in [4.78, 5) is 24.1. The molecule has 0 aromatic heterocycles. The smallest absolute Gasteiger partial charge is 0.408 e. The van der Waals surface area contributed by atoms with Gasteiger partial charge in [-0.25, -0.2) is 4.79 Å². The molecule has 2 N–H and O–H groups in total. The van der Waals surface area contributed by atoms with Crippen molar-refractivity contribution < 1.29 is 29.0 Å². The maximum atomic E-state index is 12.4. The lowest BCUT2D eigenvalue weighted by Gasteiger charge is -2.33. The van der Waals surface area contributed by atoms with Crippen LogP contribution in [0.4, 0.5) is 10.5 Å². The molecule has 0 bridgehead atoms. The summed E-state index contributed by atoms with van der Waals surface area (Å²) in [6.45, 7) is 7.20. The number of para-hydroxylation sites is 2. The second-order valence-electron chi connectivity index (χ2n) is 10.4. The third-order valence-corrected chi connectivity index (χ3v) is 7.34. The maximum Gasteiger partial charge on any atom is 0.408 e. The summed E-state index contributed by atoms with van der Waals surface area (Å²) in [6, 6.07) is 15.6. The molecule has 10 heteroatoms. The Hall–Kier alpha value is -2.82. The maximum absolute atomic E-state index is 12.4. The van der Waals surface area contributed by atoms with E-state index in [1.165, 1.54) is 17.8 Å². The summed E-state index contributed by atoms with van der Waals surface area (Å²) in [5.41, 5.74) is -0.563. The van der Waals surface area contributed by atoms with Gasteiger partial charge in [0.15, 0.2) is 6.29 Å². The van der Waals surface area contributed by atoms with E-state index in [0.717, 1.165) is 12.8 Å². The number of carbonyl (C=O) groups is 1. The Morgan fingerprint density at radius 1 is 1.16 bits per heavy atom. The normalized spacial score (nSPS) is 24.4. The summed E-state index contributed by atoms with van der Waals surface area (Å²) >= 11 is 1.45. The zero-order valence-electron chi connectivity index (χ0n) is 22.4. The van der Waals surface area contributed by atoms with Crippen LogP contribution in [0, 0.1) is 16.0 Å². The van der Waals surface area contributed by atoms with E-state index in [1.54, 1.807) is 39.0 Å². The number of hydrogen-bond donors (Lipinski definition) is 2. The lowest BCUT2D eigenvalue weighted by atomic mass is 9.90. The molecular formula is C28H38N2O7S. The van der Waals surface area contributed by atoms with Crippen molar-refractivity contribution in [2.75, 3.05) is 5.75 Å². The van der Waals surface area contributed by atoms with Crippen LogP contribution in [0.2, 0.25) is 0 Å². The van der Waals surface area contributed by atoms with E-state index in [1.807, 2.05) is 37.3 Å². The van der Waals surface area contributed by atoms with Crippen molar-refractivity contribution in [2.45, 2.75) is 88.4 Å². The molecule has 0 aliphatic carbocycles. The first-order valence-electron chi connectivity index (χ1n) is 12.9. The third-order valence-electron chi connectivity index (χ3n) is 6.24. The van der Waals surface area contributed by atoms with E-state index in [2.05, 4.69) is 5.32 Å². The fourth-order valence-electron chi connectivity index (χ4n) is 4.49. The highest BCUT2D eigenvalue weighted by Gasteiger charge is 2.35. The minimum atomic E-state index is -1.24. The van der Waals surface area contributed by atoms with Crippen LogP contribution in [0.15, 0.2) is 59.5 Å². The molecule has 5 atom stereocenters. The third kappa shape index (κ3) is 9.18. The second kappa shape index (κ2) is 13.8. The van der Waals surface area contributed by atoms with Crippen LogP contribution in [-0.4, -0.2) is 52.0 Å². The van der Waals surface area contributed by atoms with Crippen LogP contribution >= 0.6 is 11.8 Å². The number of amides is 1. The van der Waals surface area contributed by atoms with E-state index in [4.69, 9.17) is 14.2 Å². The van der Waals surface area contributed by atoms with Gasteiger partial charge in [0.1, 0.15) is 17.5 Å². The molecule has 0 spiro atoms. The molecule has 2 aromatic rings. The number of aliphatic hydroxyl groups is 1. The molecule has 1 amide bonds. The Morgan fingerprint density at radius 3 is 2.53 bits per heavy atom. The highest BCUT2D eigenvalue weighted by molar-refractivity contribution is 7.99. The van der Waals surface area contributed by atoms with Gasteiger partial charge in [0.05, 0.1) is 22.0 Å². The summed E-state index contributed by atoms with van der Waals surface area (Å²) < 4.78 is 17.8. The first kappa shape index (κ1) is 29.7. The number of nitro groups is 1. The van der Waals surface area contributed by atoms with Crippen molar-refractivity contribution in [3.05, 3.63) is 64.7 Å². The standard InChI is InChI=1S/C28H38N2O7S/c1-19-25(36-21-12-6-5-7-13-21)20(17-18-38-24-16-9-8-15-23(24)30(33)34)11-10-14-22(26(31)35-19)29-27(32)37-28(2,3)4/h5-9,12-13,15-16,19-20,22,25-26,31H,10-11,14,17-18H2,1-4H3,(H,29,32)/t19-,20+,22-,25-,26?/m0/s1. The molecule has 0 radical (unpaired) electrons. The van der Waals surface area contributed by atoms with Crippen molar-refractivity contribution in [1.82, 2.24) is 5.32 Å². The lowest BCUT2D eigenvalue weighted by molar-refractivity contribution is -0.387. The Balaban J connectivity index is 1.75. The Morgan fingerprint density at radius 2 is 1.84 bits per heavy atom. The first-order chi connectivity index (χ1) is 18.0. The van der Waals surface area contributed by atoms with Crippen LogP contribution in [-0.2, 0) is 9.47 Å². The Kier molecular flexibility index (Phi) is 10.8. The van der Waals surface area contributed by atoms with E-state index in [9.17, 15) is 20.0 Å². The minimum Gasteiger partial charge on any atom is -0.487 e. The number of nitrogens with one attached hydrogen (secondary N) is 1. The first-order valence-corrected chi connectivity index (χ1v) is 13.9. The second-order valence-corrected chi connectivity index (χ2v) is 11.6. The lowest BCUT2D eigenvalue weighted by Crippen LogP contribution is -2.48. The topological polar surface area (TPSA) is 120 Å². The SMILES string of the molecule is C[C@@H]1OC(O)[C@@H](NC(=O)OC(C)(C)C)CCC[C@H](CCSc2ccccc2[N+](=O)[O-])[C@H]1Oc1ccccc1. The van der Waals surface area contributed by atoms with E-state index >= 15 is 0 Å². The molecule has 1 heterocycles. The van der Waals surface area contributed by atoms with Crippen LogP contribution < -0.4 is 10.1 Å². The Labute approximate surface area is 228 Å². The fraction of sp³-hybridized carbons (Fsp3) is 0.536. The number of hydrogen-bond acceptors (Lipinski definition) is 8. The highest BCUT2D eigenvalue weighted by Crippen LogP contribution is 2.34. The van der Waals surface area contributed by atoms with Crippen molar-refractivity contribution in [3.63, 3.8) is 0 Å². The van der Waals surface area contributed by atoms with Gasteiger partial charge in [-0.15, -0.1) is 11.8 Å². The number of alkyl carbamates (subject to hydrolysis) is 1. The van der Waals surface area contributed by atoms with Crippen molar-refractivity contribution >= 4 is 23.5 Å². The number of carbonyl (C=O) groups excluding carboxylic acids is 1. The van der Waals surface area contributed by atoms with Gasteiger partial charge in [0.25, 0.3) is 5.69 Å². The molecule has 1 aliphatic rings. The quantitative estimate of drug-likeness (QED) is 0.237.